The fraction of sp³-hybridized carbons (Fsp3) is 0.636. The van der Waals surface area contributed by atoms with Crippen LogP contribution in [0.2, 0.25) is 0 Å². The average Bonchev–Trinajstić information content (AvgIpc) is 2.68. The minimum Gasteiger partial charge on any atom is -0.385 e. The van der Waals surface area contributed by atoms with Crippen LogP contribution < -0.4 is 10.6 Å². The van der Waals surface area contributed by atoms with Gasteiger partial charge >= 0.3 is 0 Å². The highest BCUT2D eigenvalue weighted by molar-refractivity contribution is 5.41. The van der Waals surface area contributed by atoms with Crippen LogP contribution in [0.3, 0.4) is 0 Å². The molecule has 94 valence electrons. The first kappa shape index (κ1) is 12.1. The molecule has 17 heavy (non-hydrogen) atoms. The van der Waals surface area contributed by atoms with E-state index in [4.69, 9.17) is 4.74 Å². The zero-order valence-electron chi connectivity index (χ0n) is 10.1. The van der Waals surface area contributed by atoms with Crippen molar-refractivity contribution in [3.05, 3.63) is 12.4 Å². The first-order valence-corrected chi connectivity index (χ1v) is 5.72. The molecule has 3 N–H and O–H groups in total. The van der Waals surface area contributed by atoms with E-state index in [1.165, 1.54) is 0 Å². The van der Waals surface area contributed by atoms with Gasteiger partial charge in [-0.15, -0.1) is 0 Å². The maximum Gasteiger partial charge on any atom is 0.147 e. The van der Waals surface area contributed by atoms with Crippen molar-refractivity contribution >= 4 is 11.6 Å². The molecular formula is C11H18N4O2. The Morgan fingerprint density at radius 1 is 1.53 bits per heavy atom. The number of hydrogen-bond acceptors (Lipinski definition) is 6. The highest BCUT2D eigenvalue weighted by Gasteiger charge is 2.39. The van der Waals surface area contributed by atoms with Crippen molar-refractivity contribution in [1.82, 2.24) is 9.97 Å². The summed E-state index contributed by atoms with van der Waals surface area (Å²) in [5.74, 6) is 1.34. The predicted octanol–water partition coefficient (Wildman–Crippen LogP) is 0.470. The summed E-state index contributed by atoms with van der Waals surface area (Å²) >= 11 is 0. The molecule has 6 heteroatoms. The van der Waals surface area contributed by atoms with Gasteiger partial charge in [0.25, 0.3) is 0 Å². The molecule has 0 radical (unpaired) electrons. The highest BCUT2D eigenvalue weighted by Crippen LogP contribution is 2.25. The number of nitrogens with zero attached hydrogens (tertiary/aromatic N) is 2. The second-order valence-corrected chi connectivity index (χ2v) is 4.26. The summed E-state index contributed by atoms with van der Waals surface area (Å²) in [7, 11) is 1.79. The maximum atomic E-state index is 10.3. The van der Waals surface area contributed by atoms with Gasteiger partial charge in [-0.2, -0.15) is 0 Å². The van der Waals surface area contributed by atoms with Gasteiger partial charge in [0, 0.05) is 26.6 Å². The van der Waals surface area contributed by atoms with Gasteiger partial charge in [0.15, 0.2) is 0 Å². The number of anilines is 2. The third-order valence-corrected chi connectivity index (χ3v) is 3.13. The van der Waals surface area contributed by atoms with Crippen molar-refractivity contribution in [2.45, 2.75) is 25.0 Å². The molecule has 1 aromatic rings. The van der Waals surface area contributed by atoms with Crippen LogP contribution in [0.15, 0.2) is 12.4 Å². The van der Waals surface area contributed by atoms with Crippen molar-refractivity contribution in [3.8, 4) is 0 Å². The quantitative estimate of drug-likeness (QED) is 0.707. The summed E-state index contributed by atoms with van der Waals surface area (Å²) in [5.41, 5.74) is -0.822. The fourth-order valence-electron chi connectivity index (χ4n) is 1.82. The van der Waals surface area contributed by atoms with Gasteiger partial charge in [0.1, 0.15) is 17.2 Å². The van der Waals surface area contributed by atoms with E-state index in [-0.39, 0.29) is 6.10 Å². The lowest BCUT2D eigenvalue weighted by molar-refractivity contribution is -0.0176. The molecule has 0 aliphatic carbocycles. The Bertz CT molecular complexity index is 387. The summed E-state index contributed by atoms with van der Waals surface area (Å²) in [5, 5.41) is 16.3. The molecule has 1 fully saturated rings. The number of ether oxygens (including phenoxy) is 1. The van der Waals surface area contributed by atoms with Gasteiger partial charge in [-0.05, 0) is 6.92 Å². The van der Waals surface area contributed by atoms with Gasteiger partial charge in [0.2, 0.25) is 0 Å². The Balaban J connectivity index is 1.97. The van der Waals surface area contributed by atoms with Crippen molar-refractivity contribution < 1.29 is 9.84 Å². The molecule has 2 unspecified atom stereocenters. The van der Waals surface area contributed by atoms with Crippen molar-refractivity contribution in [2.75, 3.05) is 30.8 Å². The van der Waals surface area contributed by atoms with E-state index in [1.54, 1.807) is 19.4 Å². The molecule has 0 bridgehead atoms. The van der Waals surface area contributed by atoms with Crippen molar-refractivity contribution in [3.63, 3.8) is 0 Å². The van der Waals surface area contributed by atoms with E-state index in [9.17, 15) is 5.11 Å². The topological polar surface area (TPSA) is 79.3 Å². The summed E-state index contributed by atoms with van der Waals surface area (Å²) < 4.78 is 5.36. The van der Waals surface area contributed by atoms with E-state index in [0.717, 1.165) is 0 Å². The van der Waals surface area contributed by atoms with Crippen LogP contribution >= 0.6 is 0 Å². The average molecular weight is 238 g/mol. The van der Waals surface area contributed by atoms with E-state index >= 15 is 0 Å². The van der Waals surface area contributed by atoms with Crippen LogP contribution in [0.4, 0.5) is 11.6 Å². The summed E-state index contributed by atoms with van der Waals surface area (Å²) in [6, 6.07) is 0. The Morgan fingerprint density at radius 2 is 2.29 bits per heavy atom. The zero-order valence-corrected chi connectivity index (χ0v) is 10.1. The van der Waals surface area contributed by atoms with Crippen LogP contribution in [-0.4, -0.2) is 47.0 Å². The van der Waals surface area contributed by atoms with Gasteiger partial charge in [-0.3, -0.25) is 4.98 Å². The Hall–Kier alpha value is -1.40. The van der Waals surface area contributed by atoms with Crippen LogP contribution in [0.5, 0.6) is 0 Å². The van der Waals surface area contributed by atoms with E-state index in [1.807, 2.05) is 6.92 Å². The molecule has 6 nitrogen and oxygen atoms in total. The number of aliphatic hydroxyl groups is 1. The molecular weight excluding hydrogens is 220 g/mol. The monoisotopic (exact) mass is 238 g/mol. The largest absolute Gasteiger partial charge is 0.385 e. The van der Waals surface area contributed by atoms with Crippen LogP contribution in [0, 0.1) is 0 Å². The highest BCUT2D eigenvalue weighted by atomic mass is 16.5. The van der Waals surface area contributed by atoms with E-state index < -0.39 is 5.60 Å². The number of rotatable bonds is 4. The standard InChI is InChI=1S/C11H18N4O2/c1-8-11(16,3-4-17-8)7-14-10-6-13-5-9(12-2)15-10/h5-6,8,16H,3-4,7H2,1-2H3,(H2,12,14,15). The van der Waals surface area contributed by atoms with E-state index in [0.29, 0.717) is 31.2 Å². The van der Waals surface area contributed by atoms with Crippen molar-refractivity contribution in [2.24, 2.45) is 0 Å². The molecule has 2 atom stereocenters. The fourth-order valence-corrected chi connectivity index (χ4v) is 1.82. The third-order valence-electron chi connectivity index (χ3n) is 3.13. The first-order valence-electron chi connectivity index (χ1n) is 5.72. The van der Waals surface area contributed by atoms with E-state index in [2.05, 4.69) is 20.6 Å². The Kier molecular flexibility index (Phi) is 3.44. The minimum absolute atomic E-state index is 0.157. The smallest absolute Gasteiger partial charge is 0.147 e. The molecule has 0 aromatic carbocycles. The maximum absolute atomic E-state index is 10.3. The predicted molar refractivity (Wildman–Crippen MR) is 65.0 cm³/mol. The van der Waals surface area contributed by atoms with Gasteiger partial charge in [0.05, 0.1) is 18.5 Å². The second-order valence-electron chi connectivity index (χ2n) is 4.26. The molecule has 2 rings (SSSR count). The molecule has 0 saturated carbocycles. The first-order chi connectivity index (χ1) is 8.14. The van der Waals surface area contributed by atoms with Crippen LogP contribution in [0.1, 0.15) is 13.3 Å². The molecule has 0 spiro atoms. The third kappa shape index (κ3) is 2.65. The SMILES string of the molecule is CNc1cncc(NCC2(O)CCOC2C)n1. The molecule has 2 heterocycles. The lowest BCUT2D eigenvalue weighted by Crippen LogP contribution is -2.43. The summed E-state index contributed by atoms with van der Waals surface area (Å²) in [4.78, 5) is 8.31. The second kappa shape index (κ2) is 4.85. The van der Waals surface area contributed by atoms with Crippen LogP contribution in [-0.2, 0) is 4.74 Å². The molecule has 1 aliphatic heterocycles. The summed E-state index contributed by atoms with van der Waals surface area (Å²) in [6.07, 6.45) is 3.75. The van der Waals surface area contributed by atoms with Gasteiger partial charge < -0.3 is 20.5 Å². The Morgan fingerprint density at radius 3 is 2.94 bits per heavy atom. The minimum atomic E-state index is -0.822. The molecule has 0 amide bonds. The zero-order chi connectivity index (χ0) is 12.3. The van der Waals surface area contributed by atoms with Gasteiger partial charge in [-0.1, -0.05) is 0 Å². The summed E-state index contributed by atoms with van der Waals surface area (Å²) in [6.45, 7) is 2.89. The van der Waals surface area contributed by atoms with Gasteiger partial charge in [-0.25, -0.2) is 4.98 Å². The molecule has 1 aromatic heterocycles. The molecule has 1 aliphatic rings. The number of aromatic nitrogens is 2. The van der Waals surface area contributed by atoms with Crippen molar-refractivity contribution in [1.29, 1.82) is 0 Å². The lowest BCUT2D eigenvalue weighted by Gasteiger charge is -2.26. The van der Waals surface area contributed by atoms with Crippen LogP contribution in [0.25, 0.3) is 0 Å². The lowest BCUT2D eigenvalue weighted by atomic mass is 9.97. The number of nitrogens with one attached hydrogen (secondary N) is 2. The molecule has 1 saturated heterocycles. The Labute approximate surface area is 100 Å². The number of hydrogen-bond donors (Lipinski definition) is 3. The normalized spacial score (nSPS) is 28.1.